The Bertz CT molecular complexity index is 570. The minimum atomic E-state index is -0.333. The van der Waals surface area contributed by atoms with Crippen LogP contribution >= 0.6 is 0 Å². The van der Waals surface area contributed by atoms with Crippen LogP contribution in [0.15, 0.2) is 36.4 Å². The van der Waals surface area contributed by atoms with Gasteiger partial charge in [-0.1, -0.05) is 6.07 Å². The molecule has 0 heterocycles. The molecule has 18 heavy (non-hydrogen) atoms. The maximum atomic E-state index is 13.1. The molecular weight excluding hydrogens is 231 g/mol. The number of halogens is 1. The minimum absolute atomic E-state index is 0.333. The van der Waals surface area contributed by atoms with Crippen LogP contribution in [0.3, 0.4) is 0 Å². The van der Waals surface area contributed by atoms with E-state index in [1.165, 1.54) is 19.2 Å². The second kappa shape index (κ2) is 4.96. The van der Waals surface area contributed by atoms with E-state index < -0.39 is 0 Å². The van der Waals surface area contributed by atoms with Crippen molar-refractivity contribution in [3.8, 4) is 5.75 Å². The molecule has 0 aliphatic carbocycles. The molecule has 0 unspecified atom stereocenters. The van der Waals surface area contributed by atoms with Gasteiger partial charge in [-0.25, -0.2) is 4.39 Å². The van der Waals surface area contributed by atoms with E-state index in [-0.39, 0.29) is 5.82 Å². The molecule has 0 spiro atoms. The number of nitrogens with two attached hydrogens (primary N) is 1. The Hall–Kier alpha value is -2.23. The van der Waals surface area contributed by atoms with Crippen LogP contribution in [0.1, 0.15) is 5.56 Å². The van der Waals surface area contributed by atoms with Crippen molar-refractivity contribution in [3.05, 3.63) is 47.8 Å². The number of methoxy groups -OCH3 is 1. The molecule has 94 valence electrons. The van der Waals surface area contributed by atoms with E-state index in [2.05, 4.69) is 5.32 Å². The highest BCUT2D eigenvalue weighted by Gasteiger charge is 2.05. The Kier molecular flexibility index (Phi) is 3.37. The highest BCUT2D eigenvalue weighted by molar-refractivity contribution is 5.69. The molecule has 2 aromatic carbocycles. The zero-order valence-electron chi connectivity index (χ0n) is 10.3. The van der Waals surface area contributed by atoms with Crippen molar-refractivity contribution in [1.82, 2.24) is 0 Å². The molecule has 0 radical (unpaired) electrons. The minimum Gasteiger partial charge on any atom is -0.494 e. The van der Waals surface area contributed by atoms with Gasteiger partial charge < -0.3 is 15.8 Å². The molecule has 0 bridgehead atoms. The van der Waals surface area contributed by atoms with Crippen molar-refractivity contribution >= 4 is 17.1 Å². The lowest BCUT2D eigenvalue weighted by atomic mass is 10.2. The van der Waals surface area contributed by atoms with Gasteiger partial charge in [-0.3, -0.25) is 0 Å². The Morgan fingerprint density at radius 2 is 1.94 bits per heavy atom. The van der Waals surface area contributed by atoms with Gasteiger partial charge in [-0.15, -0.1) is 0 Å². The molecule has 0 aliphatic heterocycles. The summed E-state index contributed by atoms with van der Waals surface area (Å²) in [6.45, 7) is 1.94. The number of hydrogen-bond donors (Lipinski definition) is 2. The Balaban J connectivity index is 2.30. The molecule has 2 rings (SSSR count). The Morgan fingerprint density at radius 3 is 2.61 bits per heavy atom. The molecular formula is C14H15FN2O. The molecule has 0 fully saturated rings. The number of rotatable bonds is 3. The number of aryl methyl sites for hydroxylation is 1. The third kappa shape index (κ3) is 2.53. The van der Waals surface area contributed by atoms with Crippen LogP contribution in [0.2, 0.25) is 0 Å². The summed E-state index contributed by atoms with van der Waals surface area (Å²) in [7, 11) is 1.50. The monoisotopic (exact) mass is 246 g/mol. The zero-order valence-corrected chi connectivity index (χ0v) is 10.3. The van der Waals surface area contributed by atoms with Crippen molar-refractivity contribution in [2.24, 2.45) is 0 Å². The van der Waals surface area contributed by atoms with Crippen LogP contribution in [0.4, 0.5) is 21.5 Å². The summed E-state index contributed by atoms with van der Waals surface area (Å²) in [6.07, 6.45) is 0. The van der Waals surface area contributed by atoms with Gasteiger partial charge in [0, 0.05) is 17.4 Å². The fraction of sp³-hybridized carbons (Fsp3) is 0.143. The van der Waals surface area contributed by atoms with E-state index in [4.69, 9.17) is 10.5 Å². The summed E-state index contributed by atoms with van der Waals surface area (Å²) in [6, 6.07) is 10.0. The van der Waals surface area contributed by atoms with E-state index in [9.17, 15) is 4.39 Å². The van der Waals surface area contributed by atoms with Crippen LogP contribution < -0.4 is 15.8 Å². The lowest BCUT2D eigenvalue weighted by Crippen LogP contribution is -1.97. The summed E-state index contributed by atoms with van der Waals surface area (Å²) in [5.41, 5.74) is 9.10. The molecule has 2 aromatic rings. The SMILES string of the molecule is COc1cc(F)ccc1Nc1ccc(C)c(N)c1. The zero-order chi connectivity index (χ0) is 13.1. The van der Waals surface area contributed by atoms with Crippen LogP contribution in [0, 0.1) is 12.7 Å². The van der Waals surface area contributed by atoms with Gasteiger partial charge in [0.1, 0.15) is 11.6 Å². The molecule has 4 heteroatoms. The molecule has 3 N–H and O–H groups in total. The van der Waals surface area contributed by atoms with Crippen LogP contribution in [-0.4, -0.2) is 7.11 Å². The highest BCUT2D eigenvalue weighted by Crippen LogP contribution is 2.29. The fourth-order valence-electron chi connectivity index (χ4n) is 1.64. The maximum absolute atomic E-state index is 13.1. The summed E-state index contributed by atoms with van der Waals surface area (Å²) < 4.78 is 18.2. The number of ether oxygens (including phenoxy) is 1. The van der Waals surface area contributed by atoms with E-state index >= 15 is 0 Å². The van der Waals surface area contributed by atoms with E-state index in [0.29, 0.717) is 17.1 Å². The summed E-state index contributed by atoms with van der Waals surface area (Å²) in [5.74, 6) is 0.120. The smallest absolute Gasteiger partial charge is 0.145 e. The summed E-state index contributed by atoms with van der Waals surface area (Å²) in [5, 5.41) is 3.15. The van der Waals surface area contributed by atoms with Crippen LogP contribution in [0.25, 0.3) is 0 Å². The Labute approximate surface area is 105 Å². The van der Waals surface area contributed by atoms with E-state index in [1.807, 2.05) is 25.1 Å². The van der Waals surface area contributed by atoms with Crippen molar-refractivity contribution < 1.29 is 9.13 Å². The number of anilines is 3. The van der Waals surface area contributed by atoms with Gasteiger partial charge in [0.05, 0.1) is 12.8 Å². The number of hydrogen-bond acceptors (Lipinski definition) is 3. The molecule has 0 aliphatic rings. The fourth-order valence-corrected chi connectivity index (χ4v) is 1.64. The maximum Gasteiger partial charge on any atom is 0.145 e. The molecule has 0 aromatic heterocycles. The average molecular weight is 246 g/mol. The van der Waals surface area contributed by atoms with Gasteiger partial charge in [-0.05, 0) is 36.8 Å². The van der Waals surface area contributed by atoms with Gasteiger partial charge in [0.15, 0.2) is 0 Å². The topological polar surface area (TPSA) is 47.3 Å². The first-order valence-corrected chi connectivity index (χ1v) is 5.57. The highest BCUT2D eigenvalue weighted by atomic mass is 19.1. The molecule has 0 saturated carbocycles. The second-order valence-electron chi connectivity index (χ2n) is 4.04. The van der Waals surface area contributed by atoms with Crippen molar-refractivity contribution in [2.75, 3.05) is 18.2 Å². The molecule has 0 amide bonds. The summed E-state index contributed by atoms with van der Waals surface area (Å²) in [4.78, 5) is 0. The number of benzene rings is 2. The van der Waals surface area contributed by atoms with Gasteiger partial charge in [0.25, 0.3) is 0 Å². The van der Waals surface area contributed by atoms with Crippen molar-refractivity contribution in [1.29, 1.82) is 0 Å². The third-order valence-electron chi connectivity index (χ3n) is 2.72. The summed E-state index contributed by atoms with van der Waals surface area (Å²) >= 11 is 0. The standard InChI is InChI=1S/C14H15FN2O/c1-9-3-5-11(8-12(9)16)17-13-6-4-10(15)7-14(13)18-2/h3-8,17H,16H2,1-2H3. The first kappa shape index (κ1) is 12.2. The predicted octanol–water partition coefficient (Wildman–Crippen LogP) is 3.47. The van der Waals surface area contributed by atoms with Gasteiger partial charge >= 0.3 is 0 Å². The third-order valence-corrected chi connectivity index (χ3v) is 2.72. The van der Waals surface area contributed by atoms with Crippen molar-refractivity contribution in [3.63, 3.8) is 0 Å². The molecule has 0 atom stereocenters. The molecule has 0 saturated heterocycles. The lowest BCUT2D eigenvalue weighted by Gasteiger charge is -2.12. The molecule has 3 nitrogen and oxygen atoms in total. The first-order valence-electron chi connectivity index (χ1n) is 5.57. The van der Waals surface area contributed by atoms with Gasteiger partial charge in [0.2, 0.25) is 0 Å². The predicted molar refractivity (Wildman–Crippen MR) is 71.8 cm³/mol. The van der Waals surface area contributed by atoms with Crippen LogP contribution in [-0.2, 0) is 0 Å². The normalized spacial score (nSPS) is 10.2. The second-order valence-corrected chi connectivity index (χ2v) is 4.04. The van der Waals surface area contributed by atoms with Crippen LogP contribution in [0.5, 0.6) is 5.75 Å². The number of nitrogens with one attached hydrogen (secondary N) is 1. The van der Waals surface area contributed by atoms with E-state index in [0.717, 1.165) is 11.3 Å². The number of nitrogen functional groups attached to an aromatic ring is 1. The first-order chi connectivity index (χ1) is 8.60. The largest absolute Gasteiger partial charge is 0.494 e. The van der Waals surface area contributed by atoms with Gasteiger partial charge in [-0.2, -0.15) is 0 Å². The lowest BCUT2D eigenvalue weighted by molar-refractivity contribution is 0.413. The van der Waals surface area contributed by atoms with Crippen molar-refractivity contribution in [2.45, 2.75) is 6.92 Å². The van der Waals surface area contributed by atoms with E-state index in [1.54, 1.807) is 6.07 Å². The Morgan fingerprint density at radius 1 is 1.17 bits per heavy atom. The quantitative estimate of drug-likeness (QED) is 0.815. The average Bonchev–Trinajstić information content (AvgIpc) is 2.36.